The Morgan fingerprint density at radius 1 is 1.38 bits per heavy atom. The van der Waals surface area contributed by atoms with Gasteiger partial charge in [-0.2, -0.15) is 0 Å². The smallest absolute Gasteiger partial charge is 0.0359 e. The third-order valence-electron chi connectivity index (χ3n) is 4.33. The summed E-state index contributed by atoms with van der Waals surface area (Å²) in [6.45, 7) is 7.16. The van der Waals surface area contributed by atoms with E-state index in [-0.39, 0.29) is 0 Å². The van der Waals surface area contributed by atoms with E-state index < -0.39 is 0 Å². The maximum absolute atomic E-state index is 3.64. The molecule has 1 aromatic rings. The number of hydrogen-bond donors (Lipinski definition) is 1. The molecule has 0 amide bonds. The second kappa shape index (κ2) is 3.86. The molecule has 2 saturated heterocycles. The van der Waals surface area contributed by atoms with Gasteiger partial charge in [0.1, 0.15) is 0 Å². The third-order valence-corrected chi connectivity index (χ3v) is 4.33. The third kappa shape index (κ3) is 1.66. The molecule has 86 valence electrons. The second-order valence-corrected chi connectivity index (χ2v) is 5.38. The van der Waals surface area contributed by atoms with E-state index in [1.54, 1.807) is 0 Å². The highest BCUT2D eigenvalue weighted by Crippen LogP contribution is 2.35. The molecule has 16 heavy (non-hydrogen) atoms. The van der Waals surface area contributed by atoms with Crippen LogP contribution in [-0.2, 0) is 6.54 Å². The van der Waals surface area contributed by atoms with Crippen molar-refractivity contribution in [3.05, 3.63) is 35.9 Å². The van der Waals surface area contributed by atoms with Gasteiger partial charge in [0.15, 0.2) is 0 Å². The van der Waals surface area contributed by atoms with Crippen molar-refractivity contribution < 1.29 is 0 Å². The van der Waals surface area contributed by atoms with Gasteiger partial charge < -0.3 is 5.32 Å². The number of nitrogens with zero attached hydrogens (tertiary/aromatic N) is 1. The van der Waals surface area contributed by atoms with Crippen LogP contribution in [0.1, 0.15) is 18.9 Å². The fourth-order valence-corrected chi connectivity index (χ4v) is 3.03. The Balaban J connectivity index is 1.62. The summed E-state index contributed by atoms with van der Waals surface area (Å²) >= 11 is 0. The molecule has 1 aromatic carbocycles. The van der Waals surface area contributed by atoms with E-state index >= 15 is 0 Å². The highest BCUT2D eigenvalue weighted by Gasteiger charge is 2.47. The maximum atomic E-state index is 3.64. The van der Waals surface area contributed by atoms with Crippen LogP contribution < -0.4 is 5.32 Å². The van der Waals surface area contributed by atoms with Gasteiger partial charge in [-0.05, 0) is 17.9 Å². The van der Waals surface area contributed by atoms with E-state index in [0.717, 1.165) is 12.5 Å². The molecule has 0 radical (unpaired) electrons. The lowest BCUT2D eigenvalue weighted by atomic mass is 9.77. The van der Waals surface area contributed by atoms with Crippen molar-refractivity contribution in [3.63, 3.8) is 0 Å². The molecule has 1 N–H and O–H groups in total. The van der Waals surface area contributed by atoms with E-state index in [1.807, 2.05) is 0 Å². The molecule has 3 rings (SSSR count). The van der Waals surface area contributed by atoms with Crippen LogP contribution in [0, 0.1) is 5.92 Å². The van der Waals surface area contributed by atoms with Crippen molar-refractivity contribution in [2.45, 2.75) is 25.4 Å². The first-order valence-electron chi connectivity index (χ1n) is 6.30. The van der Waals surface area contributed by atoms with Crippen molar-refractivity contribution in [2.24, 2.45) is 5.92 Å². The fourth-order valence-electron chi connectivity index (χ4n) is 3.03. The summed E-state index contributed by atoms with van der Waals surface area (Å²) in [4.78, 5) is 2.58. The summed E-state index contributed by atoms with van der Waals surface area (Å²) < 4.78 is 0. The van der Waals surface area contributed by atoms with E-state index in [4.69, 9.17) is 0 Å². The van der Waals surface area contributed by atoms with Crippen LogP contribution in [0.4, 0.5) is 0 Å². The van der Waals surface area contributed by atoms with E-state index in [1.165, 1.54) is 31.6 Å². The Morgan fingerprint density at radius 2 is 2.19 bits per heavy atom. The summed E-state index contributed by atoms with van der Waals surface area (Å²) in [5, 5.41) is 3.64. The van der Waals surface area contributed by atoms with Crippen LogP contribution in [0.15, 0.2) is 30.3 Å². The molecule has 0 aliphatic carbocycles. The van der Waals surface area contributed by atoms with Gasteiger partial charge in [0.25, 0.3) is 0 Å². The molecule has 2 fully saturated rings. The van der Waals surface area contributed by atoms with Gasteiger partial charge in [-0.3, -0.25) is 4.90 Å². The predicted molar refractivity (Wildman–Crippen MR) is 66.2 cm³/mol. The Kier molecular flexibility index (Phi) is 2.49. The second-order valence-electron chi connectivity index (χ2n) is 5.38. The molecule has 0 bridgehead atoms. The zero-order valence-corrected chi connectivity index (χ0v) is 9.95. The highest BCUT2D eigenvalue weighted by atomic mass is 15.2. The Bertz CT molecular complexity index is 362. The minimum atomic E-state index is 0.453. The lowest BCUT2D eigenvalue weighted by Gasteiger charge is -2.47. The Morgan fingerprint density at radius 3 is 2.75 bits per heavy atom. The van der Waals surface area contributed by atoms with Crippen LogP contribution in [0.25, 0.3) is 0 Å². The fraction of sp³-hybridized carbons (Fsp3) is 0.571. The van der Waals surface area contributed by atoms with Crippen LogP contribution in [0.2, 0.25) is 0 Å². The SMILES string of the molecule is CC1CNC12CCN(Cc1ccccc1)C2. The molecule has 1 spiro atoms. The quantitative estimate of drug-likeness (QED) is 0.812. The minimum Gasteiger partial charge on any atom is -0.309 e. The Hall–Kier alpha value is -0.860. The summed E-state index contributed by atoms with van der Waals surface area (Å²) in [5.41, 5.74) is 1.89. The number of benzene rings is 1. The summed E-state index contributed by atoms with van der Waals surface area (Å²) in [6, 6.07) is 10.8. The normalized spacial score (nSPS) is 34.2. The van der Waals surface area contributed by atoms with Gasteiger partial charge in [-0.15, -0.1) is 0 Å². The number of nitrogens with one attached hydrogen (secondary N) is 1. The number of rotatable bonds is 2. The molecule has 2 aliphatic heterocycles. The molecule has 2 heterocycles. The molecule has 0 saturated carbocycles. The highest BCUT2D eigenvalue weighted by molar-refractivity contribution is 5.16. The Labute approximate surface area is 97.6 Å². The number of hydrogen-bond acceptors (Lipinski definition) is 2. The van der Waals surface area contributed by atoms with E-state index in [2.05, 4.69) is 47.5 Å². The van der Waals surface area contributed by atoms with Gasteiger partial charge in [0, 0.05) is 31.7 Å². The molecule has 2 aliphatic rings. The summed E-state index contributed by atoms with van der Waals surface area (Å²) in [6.07, 6.45) is 1.32. The molecule has 2 unspecified atom stereocenters. The van der Waals surface area contributed by atoms with Crippen molar-refractivity contribution in [3.8, 4) is 0 Å². The molecular formula is C14H20N2. The zero-order chi connectivity index (χ0) is 11.0. The zero-order valence-electron chi connectivity index (χ0n) is 9.95. The molecule has 0 aromatic heterocycles. The first kappa shape index (κ1) is 10.3. The average molecular weight is 216 g/mol. The molecule has 2 atom stereocenters. The van der Waals surface area contributed by atoms with Crippen molar-refractivity contribution in [1.82, 2.24) is 10.2 Å². The minimum absolute atomic E-state index is 0.453. The van der Waals surface area contributed by atoms with Gasteiger partial charge in [0.05, 0.1) is 0 Å². The lowest BCUT2D eigenvalue weighted by molar-refractivity contribution is 0.118. The van der Waals surface area contributed by atoms with E-state index in [0.29, 0.717) is 5.54 Å². The van der Waals surface area contributed by atoms with Crippen LogP contribution in [0.5, 0.6) is 0 Å². The molecular weight excluding hydrogens is 196 g/mol. The topological polar surface area (TPSA) is 15.3 Å². The lowest BCUT2D eigenvalue weighted by Crippen LogP contribution is -2.65. The monoisotopic (exact) mass is 216 g/mol. The standard InChI is InChI=1S/C14H20N2/c1-12-9-15-14(12)7-8-16(11-14)10-13-5-3-2-4-6-13/h2-6,12,15H,7-11H2,1H3. The summed E-state index contributed by atoms with van der Waals surface area (Å²) in [7, 11) is 0. The number of likely N-dealkylation sites (tertiary alicyclic amines) is 1. The van der Waals surface area contributed by atoms with Gasteiger partial charge in [-0.25, -0.2) is 0 Å². The van der Waals surface area contributed by atoms with Crippen molar-refractivity contribution in [1.29, 1.82) is 0 Å². The maximum Gasteiger partial charge on any atom is 0.0359 e. The first-order chi connectivity index (χ1) is 7.78. The van der Waals surface area contributed by atoms with Crippen molar-refractivity contribution >= 4 is 0 Å². The first-order valence-corrected chi connectivity index (χ1v) is 6.30. The van der Waals surface area contributed by atoms with Crippen LogP contribution in [-0.4, -0.2) is 30.1 Å². The average Bonchev–Trinajstić information content (AvgIpc) is 2.75. The van der Waals surface area contributed by atoms with E-state index in [9.17, 15) is 0 Å². The molecule has 2 nitrogen and oxygen atoms in total. The molecule has 2 heteroatoms. The van der Waals surface area contributed by atoms with Crippen molar-refractivity contribution in [2.75, 3.05) is 19.6 Å². The van der Waals surface area contributed by atoms with Gasteiger partial charge in [0.2, 0.25) is 0 Å². The van der Waals surface area contributed by atoms with Crippen LogP contribution in [0.3, 0.4) is 0 Å². The van der Waals surface area contributed by atoms with Gasteiger partial charge >= 0.3 is 0 Å². The predicted octanol–water partition coefficient (Wildman–Crippen LogP) is 1.87. The van der Waals surface area contributed by atoms with Gasteiger partial charge in [-0.1, -0.05) is 37.3 Å². The largest absolute Gasteiger partial charge is 0.309 e. The summed E-state index contributed by atoms with van der Waals surface area (Å²) in [5.74, 6) is 0.855. The van der Waals surface area contributed by atoms with Crippen LogP contribution >= 0.6 is 0 Å².